The van der Waals surface area contributed by atoms with Crippen molar-refractivity contribution in [3.8, 4) is 0 Å². The van der Waals surface area contributed by atoms with Crippen molar-refractivity contribution in [3.05, 3.63) is 48.0 Å². The first kappa shape index (κ1) is 20.3. The molecule has 2 bridgehead atoms. The molecule has 6 nitrogen and oxygen atoms in total. The molecule has 1 saturated carbocycles. The highest BCUT2D eigenvalue weighted by Crippen LogP contribution is 2.41. The number of quaternary nitrogens is 1. The molecule has 4 atom stereocenters. The van der Waals surface area contributed by atoms with Gasteiger partial charge in [-0.3, -0.25) is 4.79 Å². The molecule has 2 saturated heterocycles. The van der Waals surface area contributed by atoms with Crippen LogP contribution in [0.25, 0.3) is 0 Å². The molecule has 2 heterocycles. The van der Waals surface area contributed by atoms with Crippen LogP contribution >= 0.6 is 0 Å². The zero-order chi connectivity index (χ0) is 20.7. The molecule has 4 rings (SSSR count). The van der Waals surface area contributed by atoms with Crippen LogP contribution in [0, 0.1) is 5.41 Å². The topological polar surface area (TPSA) is 74.1 Å². The summed E-state index contributed by atoms with van der Waals surface area (Å²) in [6, 6.07) is 7.91. The molecular weight excluding hydrogens is 358 g/mol. The number of nitrogens with one attached hydrogen (secondary N) is 1. The maximum atomic E-state index is 13.1. The largest absolute Gasteiger partial charge is 0.516 e. The van der Waals surface area contributed by atoms with Gasteiger partial charge in [-0.1, -0.05) is 36.9 Å². The molecule has 1 amide bonds. The molecule has 1 N–H and O–H groups in total. The first-order valence-corrected chi connectivity index (χ1v) is 9.59. The highest BCUT2D eigenvalue weighted by molar-refractivity contribution is 6.05. The number of ketones is 1. The fraction of sp³-hybridized carbons (Fsp3) is 0.500. The fourth-order valence-corrected chi connectivity index (χ4v) is 4.22. The highest BCUT2D eigenvalue weighted by Gasteiger charge is 2.66. The number of hydrogen-bond acceptors (Lipinski definition) is 5. The van der Waals surface area contributed by atoms with Crippen LogP contribution in [0.4, 0.5) is 4.79 Å². The number of piperidine rings is 2. The second-order valence-electron chi connectivity index (χ2n) is 8.85. The van der Waals surface area contributed by atoms with Crippen molar-refractivity contribution in [1.29, 1.82) is 0 Å². The molecule has 3 fully saturated rings. The zero-order valence-corrected chi connectivity index (χ0v) is 16.9. The third-order valence-corrected chi connectivity index (χ3v) is 5.60. The summed E-state index contributed by atoms with van der Waals surface area (Å²) >= 11 is 0. The molecule has 150 valence electrons. The average molecular weight is 386 g/mol. The van der Waals surface area contributed by atoms with Gasteiger partial charge in [-0.15, -0.1) is 0 Å². The Hall–Kier alpha value is -2.47. The first-order valence-electron chi connectivity index (χ1n) is 9.59. The lowest BCUT2D eigenvalue weighted by Gasteiger charge is -2.50. The smallest absolute Gasteiger partial charge is 0.456 e. The fourth-order valence-electron chi connectivity index (χ4n) is 4.22. The van der Waals surface area contributed by atoms with Crippen molar-refractivity contribution in [1.82, 2.24) is 0 Å². The Morgan fingerprint density at radius 1 is 1.25 bits per heavy atom. The van der Waals surface area contributed by atoms with Gasteiger partial charge in [-0.2, -0.15) is 4.79 Å². The molecule has 0 aromatic heterocycles. The maximum Gasteiger partial charge on any atom is 0.516 e. The van der Waals surface area contributed by atoms with E-state index >= 15 is 0 Å². The maximum absolute atomic E-state index is 13.1. The Labute approximate surface area is 165 Å². The summed E-state index contributed by atoms with van der Waals surface area (Å²) in [5.41, 5.74) is -0.490. The average Bonchev–Trinajstić information content (AvgIpc) is 2.62. The van der Waals surface area contributed by atoms with E-state index in [0.29, 0.717) is 23.3 Å². The van der Waals surface area contributed by atoms with Gasteiger partial charge in [0.2, 0.25) is 6.04 Å². The summed E-state index contributed by atoms with van der Waals surface area (Å²) < 4.78 is 11.1. The third-order valence-electron chi connectivity index (χ3n) is 5.60. The number of benzene rings is 1. The van der Waals surface area contributed by atoms with Crippen molar-refractivity contribution in [3.63, 3.8) is 0 Å². The van der Waals surface area contributed by atoms with Crippen LogP contribution < -0.4 is 4.90 Å². The normalized spacial score (nSPS) is 29.5. The predicted molar refractivity (Wildman–Crippen MR) is 102 cm³/mol. The molecule has 1 aliphatic carbocycles. The zero-order valence-electron chi connectivity index (χ0n) is 16.9. The Kier molecular flexibility index (Phi) is 5.19. The minimum Gasteiger partial charge on any atom is -0.456 e. The number of fused-ring (bicyclic) bond motifs is 3. The van der Waals surface area contributed by atoms with E-state index in [4.69, 9.17) is 9.47 Å². The van der Waals surface area contributed by atoms with Crippen LogP contribution in [-0.4, -0.2) is 35.5 Å². The van der Waals surface area contributed by atoms with E-state index in [1.165, 1.54) is 0 Å². The summed E-state index contributed by atoms with van der Waals surface area (Å²) in [7, 11) is 0. The van der Waals surface area contributed by atoms with Crippen LogP contribution in [0.1, 0.15) is 46.1 Å². The SMILES string of the molecule is C=C1C(=O)C2(C)CCC1[NH+](C(=O)OC(C)(C)C)C2C(=O)OCc1ccccc1. The number of Topliss-reactive ketones (excluding diaryl/α,β-unsaturated/α-hetero) is 1. The van der Waals surface area contributed by atoms with E-state index in [2.05, 4.69) is 6.58 Å². The summed E-state index contributed by atoms with van der Waals surface area (Å²) in [4.78, 5) is 39.2. The van der Waals surface area contributed by atoms with Gasteiger partial charge >= 0.3 is 12.1 Å². The van der Waals surface area contributed by atoms with Gasteiger partial charge in [0.25, 0.3) is 0 Å². The van der Waals surface area contributed by atoms with E-state index in [9.17, 15) is 14.4 Å². The van der Waals surface area contributed by atoms with Crippen LogP contribution in [0.15, 0.2) is 42.5 Å². The lowest BCUT2D eigenvalue weighted by atomic mass is 9.61. The number of amides is 1. The molecule has 28 heavy (non-hydrogen) atoms. The number of carbonyl (C=O) groups excluding carboxylic acids is 3. The minimum absolute atomic E-state index is 0.0909. The summed E-state index contributed by atoms with van der Waals surface area (Å²) in [6.07, 6.45) is 0.587. The van der Waals surface area contributed by atoms with Gasteiger partial charge in [-0.25, -0.2) is 9.69 Å². The van der Waals surface area contributed by atoms with Gasteiger partial charge in [0.1, 0.15) is 18.2 Å². The second kappa shape index (κ2) is 7.17. The van der Waals surface area contributed by atoms with Gasteiger partial charge in [0.05, 0.1) is 5.41 Å². The van der Waals surface area contributed by atoms with Crippen LogP contribution in [0.2, 0.25) is 0 Å². The first-order chi connectivity index (χ1) is 13.0. The number of alkyl carbamates (subject to hydrolysis) is 2. The van der Waals surface area contributed by atoms with Gasteiger partial charge < -0.3 is 9.47 Å². The third kappa shape index (κ3) is 3.61. The lowest BCUT2D eigenvalue weighted by molar-refractivity contribution is -0.880. The van der Waals surface area contributed by atoms with E-state index in [0.717, 1.165) is 5.56 Å². The van der Waals surface area contributed by atoms with Gasteiger partial charge in [-0.05, 0) is 39.7 Å². The Morgan fingerprint density at radius 3 is 2.50 bits per heavy atom. The van der Waals surface area contributed by atoms with E-state index in [1.807, 2.05) is 30.3 Å². The Balaban J connectivity index is 1.89. The van der Waals surface area contributed by atoms with Gasteiger partial charge in [0, 0.05) is 12.0 Å². The molecule has 0 radical (unpaired) electrons. The molecule has 0 spiro atoms. The molecule has 3 aliphatic rings. The number of carbonyl (C=O) groups is 3. The number of ether oxygens (including phenoxy) is 2. The molecule has 1 aromatic rings. The minimum atomic E-state index is -1.02. The molecule has 1 aromatic carbocycles. The van der Waals surface area contributed by atoms with Crippen molar-refractivity contribution in [2.75, 3.05) is 0 Å². The predicted octanol–water partition coefficient (Wildman–Crippen LogP) is 2.23. The van der Waals surface area contributed by atoms with E-state index in [1.54, 1.807) is 27.7 Å². The van der Waals surface area contributed by atoms with Crippen molar-refractivity contribution in [2.45, 2.75) is 64.8 Å². The molecule has 6 heteroatoms. The van der Waals surface area contributed by atoms with Crippen LogP contribution in [0.3, 0.4) is 0 Å². The summed E-state index contributed by atoms with van der Waals surface area (Å²) in [6.45, 7) is 11.1. The van der Waals surface area contributed by atoms with Gasteiger partial charge in [0.15, 0.2) is 5.78 Å². The standard InChI is InChI=1S/C22H27NO5/c1-14-16-11-12-22(5,18(14)24)17(23(16)20(26)28-21(2,3)4)19(25)27-13-15-9-7-6-8-10-15/h6-10,16-17H,1,11-13H2,2-5H3/p+1. The molecule has 4 unspecified atom stereocenters. The summed E-state index contributed by atoms with van der Waals surface area (Å²) in [5.74, 6) is -0.713. The quantitative estimate of drug-likeness (QED) is 0.637. The molecular formula is C22H28NO5+. The highest BCUT2D eigenvalue weighted by atomic mass is 16.6. The van der Waals surface area contributed by atoms with Crippen LogP contribution in [0.5, 0.6) is 0 Å². The number of esters is 1. The van der Waals surface area contributed by atoms with Crippen LogP contribution in [-0.2, 0) is 25.7 Å². The lowest BCUT2D eigenvalue weighted by Crippen LogP contribution is -3.26. The van der Waals surface area contributed by atoms with E-state index in [-0.39, 0.29) is 12.4 Å². The summed E-state index contributed by atoms with van der Waals surface area (Å²) in [5, 5.41) is 0. The number of hydrogen-bond donors (Lipinski definition) is 1. The van der Waals surface area contributed by atoms with Crippen molar-refractivity contribution >= 4 is 17.8 Å². The Bertz CT molecular complexity index is 810. The van der Waals surface area contributed by atoms with Crippen molar-refractivity contribution in [2.24, 2.45) is 5.41 Å². The Morgan fingerprint density at radius 2 is 1.89 bits per heavy atom. The number of rotatable bonds is 3. The van der Waals surface area contributed by atoms with Crippen molar-refractivity contribution < 1.29 is 28.8 Å². The monoisotopic (exact) mass is 386 g/mol. The van der Waals surface area contributed by atoms with E-state index < -0.39 is 35.2 Å². The second-order valence-corrected chi connectivity index (χ2v) is 8.85. The molecule has 2 aliphatic heterocycles.